The minimum absolute atomic E-state index is 0.109. The van der Waals surface area contributed by atoms with Gasteiger partial charge in [-0.2, -0.15) is 0 Å². The highest BCUT2D eigenvalue weighted by atomic mass is 35.5. The summed E-state index contributed by atoms with van der Waals surface area (Å²) in [5, 5.41) is 6.17. The van der Waals surface area contributed by atoms with Crippen molar-refractivity contribution in [1.29, 1.82) is 0 Å². The van der Waals surface area contributed by atoms with Crippen LogP contribution in [0.25, 0.3) is 22.1 Å². The summed E-state index contributed by atoms with van der Waals surface area (Å²) in [4.78, 5) is 16.6. The molecule has 0 aliphatic heterocycles. The summed E-state index contributed by atoms with van der Waals surface area (Å²) < 4.78 is 5.71. The zero-order chi connectivity index (χ0) is 18.6. The summed E-state index contributed by atoms with van der Waals surface area (Å²) in [6.07, 6.45) is 1.65. The van der Waals surface area contributed by atoms with Gasteiger partial charge in [-0.05, 0) is 35.7 Å². The van der Waals surface area contributed by atoms with Gasteiger partial charge < -0.3 is 9.73 Å². The van der Waals surface area contributed by atoms with E-state index in [0.717, 1.165) is 22.0 Å². The third kappa shape index (κ3) is 4.15. The summed E-state index contributed by atoms with van der Waals surface area (Å²) >= 11 is 7.15. The largest absolute Gasteiger partial charge is 0.431 e. The number of hydrogen-bond acceptors (Lipinski definition) is 4. The Morgan fingerprint density at radius 1 is 1.04 bits per heavy atom. The van der Waals surface area contributed by atoms with Gasteiger partial charge in [0.1, 0.15) is 0 Å². The molecule has 0 spiro atoms. The molecule has 0 saturated heterocycles. The standard InChI is InChI=1S/C21H15ClN2O2S/c22-16-10-8-15(9-11-16)19-12-23-21(26-19)27-13-20(25)24-18-7-3-5-14-4-1-2-6-17(14)18/h1-12H,13H2,(H,24,25). The molecule has 1 amide bonds. The normalized spacial score (nSPS) is 10.9. The van der Waals surface area contributed by atoms with Crippen LogP contribution in [0, 0.1) is 0 Å². The fraction of sp³-hybridized carbons (Fsp3) is 0.0476. The van der Waals surface area contributed by atoms with Crippen molar-refractivity contribution < 1.29 is 9.21 Å². The summed E-state index contributed by atoms with van der Waals surface area (Å²) in [6.45, 7) is 0. The Morgan fingerprint density at radius 3 is 2.67 bits per heavy atom. The van der Waals surface area contributed by atoms with Gasteiger partial charge in [-0.1, -0.05) is 59.8 Å². The predicted molar refractivity (Wildman–Crippen MR) is 110 cm³/mol. The second-order valence-corrected chi connectivity index (χ2v) is 7.22. The SMILES string of the molecule is O=C(CSc1ncc(-c2ccc(Cl)cc2)o1)Nc1cccc2ccccc12. The first-order valence-electron chi connectivity index (χ1n) is 8.31. The van der Waals surface area contributed by atoms with Crippen molar-refractivity contribution in [2.45, 2.75) is 5.22 Å². The molecule has 4 rings (SSSR count). The van der Waals surface area contributed by atoms with Gasteiger partial charge >= 0.3 is 0 Å². The minimum atomic E-state index is -0.109. The van der Waals surface area contributed by atoms with E-state index in [-0.39, 0.29) is 11.7 Å². The Kier molecular flexibility index (Phi) is 5.14. The van der Waals surface area contributed by atoms with E-state index in [2.05, 4.69) is 10.3 Å². The summed E-state index contributed by atoms with van der Waals surface area (Å²) in [6, 6.07) is 21.1. The number of aromatic nitrogens is 1. The predicted octanol–water partition coefficient (Wildman–Crippen LogP) is 5.88. The van der Waals surface area contributed by atoms with Crippen molar-refractivity contribution in [1.82, 2.24) is 4.98 Å². The lowest BCUT2D eigenvalue weighted by atomic mass is 10.1. The van der Waals surface area contributed by atoms with Crippen LogP contribution in [0.4, 0.5) is 5.69 Å². The first-order valence-corrected chi connectivity index (χ1v) is 9.67. The van der Waals surface area contributed by atoms with E-state index in [1.807, 2.05) is 54.6 Å². The van der Waals surface area contributed by atoms with Crippen molar-refractivity contribution in [2.75, 3.05) is 11.1 Å². The molecular formula is C21H15ClN2O2S. The van der Waals surface area contributed by atoms with Crippen LogP contribution in [0.5, 0.6) is 0 Å². The number of carbonyl (C=O) groups is 1. The molecule has 6 heteroatoms. The topological polar surface area (TPSA) is 55.1 Å². The number of anilines is 1. The van der Waals surface area contributed by atoms with Crippen LogP contribution in [0.1, 0.15) is 0 Å². The van der Waals surface area contributed by atoms with Crippen molar-refractivity contribution >= 4 is 45.7 Å². The van der Waals surface area contributed by atoms with E-state index in [1.165, 1.54) is 11.8 Å². The van der Waals surface area contributed by atoms with E-state index >= 15 is 0 Å². The maximum atomic E-state index is 12.3. The number of hydrogen-bond donors (Lipinski definition) is 1. The van der Waals surface area contributed by atoms with E-state index < -0.39 is 0 Å². The first-order chi connectivity index (χ1) is 13.2. The number of halogens is 1. The molecule has 4 nitrogen and oxygen atoms in total. The highest BCUT2D eigenvalue weighted by Gasteiger charge is 2.11. The maximum Gasteiger partial charge on any atom is 0.256 e. The Morgan fingerprint density at radius 2 is 1.81 bits per heavy atom. The van der Waals surface area contributed by atoms with Gasteiger partial charge in [0.15, 0.2) is 5.76 Å². The van der Waals surface area contributed by atoms with Crippen molar-refractivity contribution in [3.05, 3.63) is 77.9 Å². The van der Waals surface area contributed by atoms with Crippen LogP contribution in [-0.2, 0) is 4.79 Å². The first kappa shape index (κ1) is 17.6. The van der Waals surface area contributed by atoms with Gasteiger partial charge in [-0.25, -0.2) is 4.98 Å². The molecule has 0 fully saturated rings. The van der Waals surface area contributed by atoms with Gasteiger partial charge in [0.25, 0.3) is 5.22 Å². The molecule has 4 aromatic rings. The number of benzene rings is 3. The second kappa shape index (κ2) is 7.86. The number of nitrogens with zero attached hydrogens (tertiary/aromatic N) is 1. The molecule has 1 aromatic heterocycles. The average Bonchev–Trinajstić information content (AvgIpc) is 3.16. The Hall–Kier alpha value is -2.76. The van der Waals surface area contributed by atoms with E-state index in [9.17, 15) is 4.79 Å². The van der Waals surface area contributed by atoms with Gasteiger partial charge in [-0.15, -0.1) is 0 Å². The summed E-state index contributed by atoms with van der Waals surface area (Å²) in [7, 11) is 0. The molecule has 1 N–H and O–H groups in total. The van der Waals surface area contributed by atoms with Gasteiger partial charge in [0, 0.05) is 21.7 Å². The summed E-state index contributed by atoms with van der Waals surface area (Å²) in [5.74, 6) is 0.746. The maximum absolute atomic E-state index is 12.3. The highest BCUT2D eigenvalue weighted by molar-refractivity contribution is 7.99. The molecule has 1 heterocycles. The lowest BCUT2D eigenvalue weighted by molar-refractivity contribution is -0.113. The Balaban J connectivity index is 1.40. The molecule has 0 aliphatic rings. The Labute approximate surface area is 165 Å². The number of oxazole rings is 1. The minimum Gasteiger partial charge on any atom is -0.431 e. The zero-order valence-electron chi connectivity index (χ0n) is 14.2. The monoisotopic (exact) mass is 394 g/mol. The highest BCUT2D eigenvalue weighted by Crippen LogP contribution is 2.27. The fourth-order valence-electron chi connectivity index (χ4n) is 2.72. The number of amides is 1. The van der Waals surface area contributed by atoms with Crippen molar-refractivity contribution in [3.8, 4) is 11.3 Å². The molecule has 0 unspecified atom stereocenters. The Bertz CT molecular complexity index is 1090. The molecular weight excluding hydrogens is 380 g/mol. The quantitative estimate of drug-likeness (QED) is 0.429. The van der Waals surface area contributed by atoms with Gasteiger partial charge in [0.05, 0.1) is 11.9 Å². The van der Waals surface area contributed by atoms with Crippen LogP contribution < -0.4 is 5.32 Å². The molecule has 27 heavy (non-hydrogen) atoms. The third-order valence-corrected chi connectivity index (χ3v) is 5.10. The smallest absolute Gasteiger partial charge is 0.256 e. The molecule has 134 valence electrons. The van der Waals surface area contributed by atoms with Crippen LogP contribution in [-0.4, -0.2) is 16.6 Å². The number of fused-ring (bicyclic) bond motifs is 1. The van der Waals surface area contributed by atoms with Crippen LogP contribution in [0.2, 0.25) is 5.02 Å². The molecule has 0 saturated carbocycles. The summed E-state index contributed by atoms with van der Waals surface area (Å²) in [5.41, 5.74) is 1.69. The number of carbonyl (C=O) groups excluding carboxylic acids is 1. The van der Waals surface area contributed by atoms with E-state index in [0.29, 0.717) is 16.0 Å². The second-order valence-electron chi connectivity index (χ2n) is 5.86. The van der Waals surface area contributed by atoms with Gasteiger partial charge in [-0.3, -0.25) is 4.79 Å². The van der Waals surface area contributed by atoms with Gasteiger partial charge in [0.2, 0.25) is 5.91 Å². The number of thioether (sulfide) groups is 1. The molecule has 3 aromatic carbocycles. The van der Waals surface area contributed by atoms with Crippen molar-refractivity contribution in [2.24, 2.45) is 0 Å². The average molecular weight is 395 g/mol. The number of rotatable bonds is 5. The molecule has 0 aliphatic carbocycles. The number of nitrogens with one attached hydrogen (secondary N) is 1. The fourth-order valence-corrected chi connectivity index (χ4v) is 3.45. The lowest BCUT2D eigenvalue weighted by Gasteiger charge is -2.08. The molecule has 0 bridgehead atoms. The van der Waals surface area contributed by atoms with E-state index in [1.54, 1.807) is 18.3 Å². The van der Waals surface area contributed by atoms with Crippen molar-refractivity contribution in [3.63, 3.8) is 0 Å². The lowest BCUT2D eigenvalue weighted by Crippen LogP contribution is -2.14. The van der Waals surface area contributed by atoms with Crippen LogP contribution in [0.15, 0.2) is 82.6 Å². The zero-order valence-corrected chi connectivity index (χ0v) is 15.8. The van der Waals surface area contributed by atoms with Crippen LogP contribution >= 0.6 is 23.4 Å². The van der Waals surface area contributed by atoms with Crippen LogP contribution in [0.3, 0.4) is 0 Å². The molecule has 0 atom stereocenters. The third-order valence-electron chi connectivity index (χ3n) is 4.00. The van der Waals surface area contributed by atoms with E-state index in [4.69, 9.17) is 16.0 Å². The molecule has 0 radical (unpaired) electrons.